The SMILES string of the molecule is CC(=O)N[C@@H](CSCc1nc(-c2ccsc2)no1)C(=O)O. The Morgan fingerprint density at radius 1 is 1.57 bits per heavy atom. The Hall–Kier alpha value is -1.87. The molecule has 2 rings (SSSR count). The third-order valence-corrected chi connectivity index (χ3v) is 4.14. The molecule has 0 aliphatic rings. The van der Waals surface area contributed by atoms with Gasteiger partial charge in [-0.05, 0) is 11.4 Å². The normalized spacial score (nSPS) is 12.0. The fourth-order valence-electron chi connectivity index (χ4n) is 1.51. The minimum atomic E-state index is -1.07. The van der Waals surface area contributed by atoms with Crippen molar-refractivity contribution >= 4 is 35.0 Å². The molecule has 21 heavy (non-hydrogen) atoms. The highest BCUT2D eigenvalue weighted by atomic mass is 32.2. The minimum Gasteiger partial charge on any atom is -0.480 e. The first kappa shape index (κ1) is 15.5. The molecule has 0 bridgehead atoms. The van der Waals surface area contributed by atoms with E-state index in [0.29, 0.717) is 17.5 Å². The number of amides is 1. The second-order valence-corrected chi connectivity index (χ2v) is 5.94. The van der Waals surface area contributed by atoms with Gasteiger partial charge in [0, 0.05) is 23.6 Å². The molecule has 9 heteroatoms. The van der Waals surface area contributed by atoms with Crippen LogP contribution in [-0.4, -0.2) is 38.9 Å². The summed E-state index contributed by atoms with van der Waals surface area (Å²) in [7, 11) is 0. The molecule has 2 aromatic heterocycles. The van der Waals surface area contributed by atoms with Gasteiger partial charge in [0.25, 0.3) is 0 Å². The summed E-state index contributed by atoms with van der Waals surface area (Å²) >= 11 is 2.85. The Bertz CT molecular complexity index is 612. The first-order chi connectivity index (χ1) is 10.1. The molecule has 1 amide bonds. The van der Waals surface area contributed by atoms with Crippen molar-refractivity contribution in [3.8, 4) is 11.4 Å². The largest absolute Gasteiger partial charge is 0.480 e. The lowest BCUT2D eigenvalue weighted by molar-refractivity contribution is -0.140. The van der Waals surface area contributed by atoms with Gasteiger partial charge in [0.1, 0.15) is 6.04 Å². The lowest BCUT2D eigenvalue weighted by Crippen LogP contribution is -2.41. The summed E-state index contributed by atoms with van der Waals surface area (Å²) in [5.74, 6) is 0.116. The van der Waals surface area contributed by atoms with Crippen molar-refractivity contribution in [2.45, 2.75) is 18.7 Å². The van der Waals surface area contributed by atoms with Crippen LogP contribution in [0.2, 0.25) is 0 Å². The van der Waals surface area contributed by atoms with Crippen molar-refractivity contribution in [3.63, 3.8) is 0 Å². The van der Waals surface area contributed by atoms with Crippen molar-refractivity contribution in [2.24, 2.45) is 0 Å². The van der Waals surface area contributed by atoms with Crippen molar-refractivity contribution in [2.75, 3.05) is 5.75 Å². The Labute approximate surface area is 128 Å². The summed E-state index contributed by atoms with van der Waals surface area (Å²) in [5, 5.41) is 19.0. The molecule has 112 valence electrons. The second kappa shape index (κ2) is 7.23. The highest BCUT2D eigenvalue weighted by molar-refractivity contribution is 7.98. The van der Waals surface area contributed by atoms with Crippen LogP contribution < -0.4 is 5.32 Å². The first-order valence-corrected chi connectivity index (χ1v) is 8.09. The summed E-state index contributed by atoms with van der Waals surface area (Å²) in [4.78, 5) is 26.1. The molecule has 0 saturated carbocycles. The van der Waals surface area contributed by atoms with Crippen LogP contribution in [0.4, 0.5) is 0 Å². The van der Waals surface area contributed by atoms with Crippen LogP contribution in [0.3, 0.4) is 0 Å². The topological polar surface area (TPSA) is 105 Å². The second-order valence-electron chi connectivity index (χ2n) is 4.13. The first-order valence-electron chi connectivity index (χ1n) is 5.99. The third-order valence-electron chi connectivity index (χ3n) is 2.43. The van der Waals surface area contributed by atoms with Gasteiger partial charge in [-0.1, -0.05) is 5.16 Å². The third kappa shape index (κ3) is 4.57. The molecule has 0 fully saturated rings. The van der Waals surface area contributed by atoms with Gasteiger partial charge in [0.15, 0.2) is 0 Å². The summed E-state index contributed by atoms with van der Waals surface area (Å²) < 4.78 is 5.10. The molecule has 1 atom stereocenters. The lowest BCUT2D eigenvalue weighted by atomic mass is 10.3. The summed E-state index contributed by atoms with van der Waals surface area (Å²) in [6.45, 7) is 1.28. The molecule has 0 unspecified atom stereocenters. The molecule has 2 heterocycles. The number of hydrogen-bond acceptors (Lipinski definition) is 7. The number of thioether (sulfide) groups is 1. The lowest BCUT2D eigenvalue weighted by Gasteiger charge is -2.11. The monoisotopic (exact) mass is 327 g/mol. The summed E-state index contributed by atoms with van der Waals surface area (Å²) in [6.07, 6.45) is 0. The standard InChI is InChI=1S/C12H13N3O4S2/c1-7(16)13-9(12(17)18)5-21-6-10-14-11(15-19-10)8-2-3-20-4-8/h2-4,9H,5-6H2,1H3,(H,13,16)(H,17,18)/t9-/m0/s1. The van der Waals surface area contributed by atoms with Crippen LogP contribution >= 0.6 is 23.1 Å². The zero-order valence-electron chi connectivity index (χ0n) is 11.1. The van der Waals surface area contributed by atoms with Gasteiger partial charge >= 0.3 is 5.97 Å². The number of rotatable bonds is 7. The molecule has 2 aromatic rings. The van der Waals surface area contributed by atoms with Crippen LogP contribution in [0.25, 0.3) is 11.4 Å². The molecule has 0 aliphatic heterocycles. The van der Waals surface area contributed by atoms with Crippen LogP contribution in [0.15, 0.2) is 21.3 Å². The zero-order valence-corrected chi connectivity index (χ0v) is 12.7. The fraction of sp³-hybridized carbons (Fsp3) is 0.333. The van der Waals surface area contributed by atoms with E-state index in [1.54, 1.807) is 11.3 Å². The van der Waals surface area contributed by atoms with Gasteiger partial charge in [-0.25, -0.2) is 4.79 Å². The van der Waals surface area contributed by atoms with Crippen molar-refractivity contribution < 1.29 is 19.2 Å². The molecule has 0 aliphatic carbocycles. The van der Waals surface area contributed by atoms with E-state index >= 15 is 0 Å². The number of carbonyl (C=O) groups is 2. The van der Waals surface area contributed by atoms with E-state index in [2.05, 4.69) is 15.5 Å². The number of carboxylic acids is 1. The van der Waals surface area contributed by atoms with Crippen LogP contribution in [0, 0.1) is 0 Å². The Morgan fingerprint density at radius 2 is 2.38 bits per heavy atom. The maximum absolute atomic E-state index is 11.0. The predicted molar refractivity (Wildman–Crippen MR) is 79.0 cm³/mol. The Morgan fingerprint density at radius 3 is 3.00 bits per heavy atom. The van der Waals surface area contributed by atoms with Gasteiger partial charge in [-0.15, -0.1) is 11.8 Å². The number of carboxylic acid groups (broad SMARTS) is 1. The molecule has 7 nitrogen and oxygen atoms in total. The summed E-state index contributed by atoms with van der Waals surface area (Å²) in [6, 6.07) is 0.968. The highest BCUT2D eigenvalue weighted by Crippen LogP contribution is 2.20. The van der Waals surface area contributed by atoms with Crippen molar-refractivity contribution in [1.29, 1.82) is 0 Å². The molecular formula is C12H13N3O4S2. The van der Waals surface area contributed by atoms with Crippen LogP contribution in [0.5, 0.6) is 0 Å². The molecule has 0 saturated heterocycles. The average molecular weight is 327 g/mol. The Balaban J connectivity index is 1.85. The van der Waals surface area contributed by atoms with Crippen LogP contribution in [-0.2, 0) is 15.3 Å². The smallest absolute Gasteiger partial charge is 0.327 e. The molecule has 0 radical (unpaired) electrons. The Kier molecular flexibility index (Phi) is 5.34. The van der Waals surface area contributed by atoms with Gasteiger partial charge < -0.3 is 14.9 Å². The van der Waals surface area contributed by atoms with Crippen molar-refractivity contribution in [3.05, 3.63) is 22.7 Å². The van der Waals surface area contributed by atoms with E-state index in [4.69, 9.17) is 9.63 Å². The number of aromatic nitrogens is 2. The quantitative estimate of drug-likeness (QED) is 0.796. The number of carbonyl (C=O) groups excluding carboxylic acids is 1. The fourth-order valence-corrected chi connectivity index (χ4v) is 3.01. The maximum Gasteiger partial charge on any atom is 0.327 e. The van der Waals surface area contributed by atoms with Gasteiger partial charge in [0.05, 0.1) is 5.75 Å². The number of hydrogen-bond donors (Lipinski definition) is 2. The predicted octanol–water partition coefficient (Wildman–Crippen LogP) is 1.62. The van der Waals surface area contributed by atoms with Crippen molar-refractivity contribution in [1.82, 2.24) is 15.5 Å². The number of thiophene rings is 1. The van der Waals surface area contributed by atoms with E-state index in [-0.39, 0.29) is 11.7 Å². The van der Waals surface area contributed by atoms with E-state index in [9.17, 15) is 9.59 Å². The highest BCUT2D eigenvalue weighted by Gasteiger charge is 2.19. The minimum absolute atomic E-state index is 0.227. The van der Waals surface area contributed by atoms with E-state index in [1.165, 1.54) is 18.7 Å². The molecular weight excluding hydrogens is 314 g/mol. The summed E-state index contributed by atoms with van der Waals surface area (Å²) in [5.41, 5.74) is 0.890. The molecule has 0 spiro atoms. The maximum atomic E-state index is 11.0. The van der Waals surface area contributed by atoms with E-state index in [0.717, 1.165) is 5.56 Å². The zero-order chi connectivity index (χ0) is 15.2. The van der Waals surface area contributed by atoms with Gasteiger partial charge in [-0.3, -0.25) is 4.79 Å². The number of nitrogens with zero attached hydrogens (tertiary/aromatic N) is 2. The van der Waals surface area contributed by atoms with Gasteiger partial charge in [-0.2, -0.15) is 16.3 Å². The molecule has 0 aromatic carbocycles. The van der Waals surface area contributed by atoms with E-state index in [1.807, 2.05) is 16.8 Å². The van der Waals surface area contributed by atoms with Gasteiger partial charge in [0.2, 0.25) is 17.6 Å². The average Bonchev–Trinajstić information content (AvgIpc) is 3.07. The number of aliphatic carboxylic acids is 1. The number of nitrogens with one attached hydrogen (secondary N) is 1. The van der Waals surface area contributed by atoms with E-state index < -0.39 is 12.0 Å². The van der Waals surface area contributed by atoms with Crippen LogP contribution in [0.1, 0.15) is 12.8 Å². The molecule has 2 N–H and O–H groups in total.